The van der Waals surface area contributed by atoms with Crippen LogP contribution in [0, 0.1) is 5.92 Å². The van der Waals surface area contributed by atoms with Crippen LogP contribution in [-0.4, -0.2) is 12.6 Å². The maximum atomic E-state index is 3.49. The smallest absolute Gasteiger partial charge is 0.00643 e. The minimum atomic E-state index is 0.743. The third-order valence-corrected chi connectivity index (χ3v) is 2.41. The third kappa shape index (κ3) is 1.98. The normalized spacial score (nSPS) is 38.0. The summed E-state index contributed by atoms with van der Waals surface area (Å²) in [5.74, 6) is 0.882. The predicted octanol–water partition coefficient (Wildman–Crippen LogP) is 1.78. The highest BCUT2D eigenvalue weighted by Crippen LogP contribution is 2.14. The molecule has 1 N–H and O–H groups in total. The zero-order valence-corrected chi connectivity index (χ0v) is 6.48. The first kappa shape index (κ1) is 7.07. The van der Waals surface area contributed by atoms with E-state index < -0.39 is 0 Å². The van der Waals surface area contributed by atoms with Crippen LogP contribution < -0.4 is 5.32 Å². The van der Waals surface area contributed by atoms with Crippen molar-refractivity contribution in [3.63, 3.8) is 0 Å². The lowest BCUT2D eigenvalue weighted by molar-refractivity contribution is 0.415. The third-order valence-electron chi connectivity index (χ3n) is 2.41. The molecule has 1 fully saturated rings. The van der Waals surface area contributed by atoms with E-state index in [1.165, 1.54) is 25.8 Å². The molecule has 2 atom stereocenters. The average Bonchev–Trinajstić information content (AvgIpc) is 1.99. The Kier molecular flexibility index (Phi) is 2.52. The van der Waals surface area contributed by atoms with Gasteiger partial charge in [-0.3, -0.25) is 0 Å². The molecule has 1 nitrogen and oxygen atoms in total. The van der Waals surface area contributed by atoms with Crippen LogP contribution in [0.1, 0.15) is 33.1 Å². The molecule has 54 valence electrons. The van der Waals surface area contributed by atoms with Crippen molar-refractivity contribution < 1.29 is 0 Å². The van der Waals surface area contributed by atoms with Gasteiger partial charge in [-0.2, -0.15) is 0 Å². The van der Waals surface area contributed by atoms with Gasteiger partial charge in [0.2, 0.25) is 0 Å². The fraction of sp³-hybridized carbons (Fsp3) is 1.00. The SMILES string of the molecule is C[C@H]1CCCCN[C@@H]1C. The van der Waals surface area contributed by atoms with E-state index in [4.69, 9.17) is 0 Å². The molecule has 0 amide bonds. The van der Waals surface area contributed by atoms with Crippen LogP contribution in [0.25, 0.3) is 0 Å². The Hall–Kier alpha value is -0.0400. The molecule has 0 bridgehead atoms. The van der Waals surface area contributed by atoms with E-state index in [0.29, 0.717) is 0 Å². The van der Waals surface area contributed by atoms with E-state index in [2.05, 4.69) is 19.2 Å². The van der Waals surface area contributed by atoms with E-state index >= 15 is 0 Å². The molecule has 0 aliphatic carbocycles. The first-order valence-corrected chi connectivity index (χ1v) is 4.04. The van der Waals surface area contributed by atoms with Gasteiger partial charge in [0.05, 0.1) is 0 Å². The molecule has 1 heterocycles. The van der Waals surface area contributed by atoms with Crippen molar-refractivity contribution in [3.8, 4) is 0 Å². The summed E-state index contributed by atoms with van der Waals surface area (Å²) < 4.78 is 0. The monoisotopic (exact) mass is 127 g/mol. The molecule has 0 aromatic rings. The Morgan fingerprint density at radius 1 is 1.22 bits per heavy atom. The molecule has 1 aliphatic rings. The van der Waals surface area contributed by atoms with Gasteiger partial charge >= 0.3 is 0 Å². The summed E-state index contributed by atoms with van der Waals surface area (Å²) in [6.07, 6.45) is 4.20. The van der Waals surface area contributed by atoms with Crippen LogP contribution in [0.15, 0.2) is 0 Å². The number of hydrogen-bond donors (Lipinski definition) is 1. The van der Waals surface area contributed by atoms with E-state index in [0.717, 1.165) is 12.0 Å². The summed E-state index contributed by atoms with van der Waals surface area (Å²) in [6.45, 7) is 5.85. The van der Waals surface area contributed by atoms with Gasteiger partial charge in [-0.1, -0.05) is 13.3 Å². The second-order valence-corrected chi connectivity index (χ2v) is 3.22. The predicted molar refractivity (Wildman–Crippen MR) is 40.5 cm³/mol. The number of rotatable bonds is 0. The van der Waals surface area contributed by atoms with Gasteiger partial charge in [-0.25, -0.2) is 0 Å². The first-order valence-electron chi connectivity index (χ1n) is 4.04. The maximum absolute atomic E-state index is 3.49. The highest BCUT2D eigenvalue weighted by molar-refractivity contribution is 4.71. The fourth-order valence-electron chi connectivity index (χ4n) is 1.37. The van der Waals surface area contributed by atoms with Gasteiger partial charge in [0.1, 0.15) is 0 Å². The highest BCUT2D eigenvalue weighted by atomic mass is 14.9. The lowest BCUT2D eigenvalue weighted by Crippen LogP contribution is -2.30. The molecule has 1 aliphatic heterocycles. The van der Waals surface area contributed by atoms with E-state index in [-0.39, 0.29) is 0 Å². The second kappa shape index (κ2) is 3.21. The zero-order valence-electron chi connectivity index (χ0n) is 6.48. The Morgan fingerprint density at radius 3 is 2.78 bits per heavy atom. The number of hydrogen-bond acceptors (Lipinski definition) is 1. The van der Waals surface area contributed by atoms with Crippen molar-refractivity contribution in [2.75, 3.05) is 6.54 Å². The molecular formula is C8H17N. The largest absolute Gasteiger partial charge is 0.314 e. The van der Waals surface area contributed by atoms with Crippen molar-refractivity contribution in [1.82, 2.24) is 5.32 Å². The van der Waals surface area contributed by atoms with Crippen molar-refractivity contribution in [2.24, 2.45) is 5.92 Å². The Balaban J connectivity index is 2.32. The summed E-state index contributed by atoms with van der Waals surface area (Å²) in [6, 6.07) is 0.743. The van der Waals surface area contributed by atoms with Gasteiger partial charge in [-0.15, -0.1) is 0 Å². The molecular weight excluding hydrogens is 110 g/mol. The Morgan fingerprint density at radius 2 is 2.00 bits per heavy atom. The molecule has 1 saturated heterocycles. The van der Waals surface area contributed by atoms with Gasteiger partial charge < -0.3 is 5.32 Å². The standard InChI is InChI=1S/C8H17N/c1-7-5-3-4-6-9-8(7)2/h7-9H,3-6H2,1-2H3/t7-,8+/m0/s1. The molecule has 1 rings (SSSR count). The van der Waals surface area contributed by atoms with Crippen molar-refractivity contribution in [2.45, 2.75) is 39.2 Å². The Labute approximate surface area is 57.8 Å². The lowest BCUT2D eigenvalue weighted by atomic mass is 9.99. The van der Waals surface area contributed by atoms with Crippen molar-refractivity contribution >= 4 is 0 Å². The van der Waals surface area contributed by atoms with Crippen molar-refractivity contribution in [1.29, 1.82) is 0 Å². The summed E-state index contributed by atoms with van der Waals surface area (Å²) in [4.78, 5) is 0. The molecule has 0 aromatic carbocycles. The van der Waals surface area contributed by atoms with E-state index in [9.17, 15) is 0 Å². The van der Waals surface area contributed by atoms with Crippen LogP contribution >= 0.6 is 0 Å². The molecule has 0 spiro atoms. The average molecular weight is 127 g/mol. The summed E-state index contributed by atoms with van der Waals surface area (Å²) in [5.41, 5.74) is 0. The lowest BCUT2D eigenvalue weighted by Gasteiger charge is -2.16. The van der Waals surface area contributed by atoms with Crippen LogP contribution in [0.3, 0.4) is 0 Å². The number of nitrogens with one attached hydrogen (secondary N) is 1. The summed E-state index contributed by atoms with van der Waals surface area (Å²) in [5, 5.41) is 3.49. The fourth-order valence-corrected chi connectivity index (χ4v) is 1.37. The van der Waals surface area contributed by atoms with E-state index in [1.54, 1.807) is 0 Å². The van der Waals surface area contributed by atoms with Gasteiger partial charge in [0.25, 0.3) is 0 Å². The molecule has 0 aromatic heterocycles. The van der Waals surface area contributed by atoms with Crippen LogP contribution in [-0.2, 0) is 0 Å². The summed E-state index contributed by atoms with van der Waals surface area (Å²) in [7, 11) is 0. The van der Waals surface area contributed by atoms with Crippen LogP contribution in [0.2, 0.25) is 0 Å². The highest BCUT2D eigenvalue weighted by Gasteiger charge is 2.13. The summed E-state index contributed by atoms with van der Waals surface area (Å²) >= 11 is 0. The quantitative estimate of drug-likeness (QED) is 0.523. The maximum Gasteiger partial charge on any atom is 0.00643 e. The molecule has 1 heteroatoms. The first-order chi connectivity index (χ1) is 4.30. The minimum absolute atomic E-state index is 0.743. The van der Waals surface area contributed by atoms with Gasteiger partial charge in [0, 0.05) is 6.04 Å². The topological polar surface area (TPSA) is 12.0 Å². The second-order valence-electron chi connectivity index (χ2n) is 3.22. The Bertz CT molecular complexity index is 70.6. The molecule has 0 radical (unpaired) electrons. The minimum Gasteiger partial charge on any atom is -0.314 e. The van der Waals surface area contributed by atoms with E-state index in [1.807, 2.05) is 0 Å². The zero-order chi connectivity index (χ0) is 6.69. The van der Waals surface area contributed by atoms with Gasteiger partial charge in [-0.05, 0) is 32.2 Å². The molecule has 9 heavy (non-hydrogen) atoms. The molecule has 0 unspecified atom stereocenters. The van der Waals surface area contributed by atoms with Crippen LogP contribution in [0.4, 0.5) is 0 Å². The molecule has 0 saturated carbocycles. The van der Waals surface area contributed by atoms with Crippen LogP contribution in [0.5, 0.6) is 0 Å². The van der Waals surface area contributed by atoms with Crippen molar-refractivity contribution in [3.05, 3.63) is 0 Å². The van der Waals surface area contributed by atoms with Gasteiger partial charge in [0.15, 0.2) is 0 Å².